The maximum atomic E-state index is 12.5. The highest BCUT2D eigenvalue weighted by Crippen LogP contribution is 2.38. The van der Waals surface area contributed by atoms with Crippen LogP contribution in [0.25, 0.3) is 0 Å². The summed E-state index contributed by atoms with van der Waals surface area (Å²) in [5.74, 6) is -0.138. The second kappa shape index (κ2) is 9.11. The van der Waals surface area contributed by atoms with Gasteiger partial charge in [-0.3, -0.25) is 4.79 Å². The van der Waals surface area contributed by atoms with Crippen molar-refractivity contribution in [3.8, 4) is 0 Å². The van der Waals surface area contributed by atoms with Gasteiger partial charge in [-0.05, 0) is 62.2 Å². The predicted octanol–water partition coefficient (Wildman–Crippen LogP) is 5.19. The average molecular weight is 446 g/mol. The molecule has 1 aliphatic heterocycles. The van der Waals surface area contributed by atoms with Crippen LogP contribution in [0.1, 0.15) is 47.3 Å². The van der Waals surface area contributed by atoms with Crippen LogP contribution in [0.15, 0.2) is 53.8 Å². The summed E-state index contributed by atoms with van der Waals surface area (Å²) in [7, 11) is 0. The molecule has 1 atom stereocenters. The third-order valence-corrected chi connectivity index (χ3v) is 5.47. The third-order valence-electron chi connectivity index (χ3n) is 5.03. The number of nitrogens with zero attached hydrogens (tertiary/aromatic N) is 1. The van der Waals surface area contributed by atoms with Crippen molar-refractivity contribution in [1.29, 1.82) is 0 Å². The fraction of sp³-hybridized carbons (Fsp3) is 0.304. The molecule has 0 bridgehead atoms. The number of aryl methyl sites for hydroxylation is 1. The Morgan fingerprint density at radius 1 is 1.20 bits per heavy atom. The molecule has 1 aliphatic rings. The summed E-state index contributed by atoms with van der Waals surface area (Å²) in [6.07, 6.45) is 0.567. The van der Waals surface area contributed by atoms with Crippen molar-refractivity contribution >= 4 is 34.8 Å². The van der Waals surface area contributed by atoms with E-state index in [4.69, 9.17) is 28.0 Å². The number of carbonyl (C=O) groups is 1. The molecule has 2 aromatic carbocycles. The van der Waals surface area contributed by atoms with E-state index in [1.807, 2.05) is 51.1 Å². The minimum atomic E-state index is -0.652. The van der Waals surface area contributed by atoms with E-state index in [1.165, 1.54) is 0 Å². The SMILES string of the molecule is C=C(CNC(=O)c1ccc(C2=NOC(C)(c3cc(Cl)cc(Cl)c3)C2)cc1C)NCC. The number of rotatable bonds is 7. The minimum absolute atomic E-state index is 0.138. The normalized spacial score (nSPS) is 17.8. The van der Waals surface area contributed by atoms with Crippen LogP contribution in [-0.2, 0) is 10.4 Å². The summed E-state index contributed by atoms with van der Waals surface area (Å²) in [5.41, 5.74) is 4.20. The van der Waals surface area contributed by atoms with Crippen molar-refractivity contribution < 1.29 is 9.63 Å². The quantitative estimate of drug-likeness (QED) is 0.615. The van der Waals surface area contributed by atoms with Gasteiger partial charge in [0.2, 0.25) is 0 Å². The zero-order valence-electron chi connectivity index (χ0n) is 17.3. The summed E-state index contributed by atoms with van der Waals surface area (Å²) in [6.45, 7) is 10.9. The van der Waals surface area contributed by atoms with Crippen LogP contribution < -0.4 is 10.6 Å². The van der Waals surface area contributed by atoms with Gasteiger partial charge in [-0.25, -0.2) is 0 Å². The lowest BCUT2D eigenvalue weighted by Crippen LogP contribution is -2.30. The Morgan fingerprint density at radius 3 is 2.53 bits per heavy atom. The van der Waals surface area contributed by atoms with Gasteiger partial charge in [0.25, 0.3) is 5.91 Å². The van der Waals surface area contributed by atoms with Crippen molar-refractivity contribution in [2.24, 2.45) is 5.16 Å². The molecule has 2 aromatic rings. The maximum absolute atomic E-state index is 12.5. The molecule has 0 saturated heterocycles. The van der Waals surface area contributed by atoms with Gasteiger partial charge in [-0.15, -0.1) is 0 Å². The number of benzene rings is 2. The Morgan fingerprint density at radius 2 is 1.90 bits per heavy atom. The van der Waals surface area contributed by atoms with E-state index in [9.17, 15) is 4.79 Å². The largest absolute Gasteiger partial charge is 0.388 e. The van der Waals surface area contributed by atoms with Crippen LogP contribution in [-0.4, -0.2) is 24.7 Å². The molecule has 1 heterocycles. The molecule has 2 N–H and O–H groups in total. The molecule has 0 aromatic heterocycles. The maximum Gasteiger partial charge on any atom is 0.251 e. The van der Waals surface area contributed by atoms with Gasteiger partial charge in [0, 0.05) is 39.8 Å². The van der Waals surface area contributed by atoms with Crippen LogP contribution >= 0.6 is 23.2 Å². The van der Waals surface area contributed by atoms with Gasteiger partial charge in [0.05, 0.1) is 12.3 Å². The van der Waals surface area contributed by atoms with E-state index in [1.54, 1.807) is 6.07 Å². The number of halogens is 2. The third kappa shape index (κ3) is 4.97. The second-order valence-corrected chi connectivity index (χ2v) is 8.41. The van der Waals surface area contributed by atoms with Gasteiger partial charge in [0.1, 0.15) is 0 Å². The standard InChI is InChI=1S/C23H25Cl2N3O2/c1-5-26-15(3)13-27-22(29)20-7-6-16(8-14(20)2)21-12-23(4,30-28-21)17-9-18(24)11-19(25)10-17/h6-11,26H,3,5,12-13H2,1-2,4H3,(H,27,29). The van der Waals surface area contributed by atoms with Crippen LogP contribution in [0.5, 0.6) is 0 Å². The molecule has 30 heavy (non-hydrogen) atoms. The highest BCUT2D eigenvalue weighted by atomic mass is 35.5. The lowest BCUT2D eigenvalue weighted by Gasteiger charge is -2.22. The van der Waals surface area contributed by atoms with Crippen LogP contribution in [0.2, 0.25) is 10.0 Å². The number of hydrogen-bond donors (Lipinski definition) is 2. The van der Waals surface area contributed by atoms with Gasteiger partial charge in [-0.2, -0.15) is 0 Å². The van der Waals surface area contributed by atoms with Gasteiger partial charge in [0.15, 0.2) is 5.60 Å². The van der Waals surface area contributed by atoms with Crippen molar-refractivity contribution in [3.63, 3.8) is 0 Å². The Labute approximate surface area is 187 Å². The fourth-order valence-corrected chi connectivity index (χ4v) is 3.93. The highest BCUT2D eigenvalue weighted by molar-refractivity contribution is 6.34. The molecule has 1 unspecified atom stereocenters. The molecule has 0 fully saturated rings. The second-order valence-electron chi connectivity index (χ2n) is 7.54. The van der Waals surface area contributed by atoms with Crippen molar-refractivity contribution in [3.05, 3.63) is 81.0 Å². The lowest BCUT2D eigenvalue weighted by molar-refractivity contribution is -0.00737. The number of nitrogens with one attached hydrogen (secondary N) is 2. The Bertz CT molecular complexity index is 999. The highest BCUT2D eigenvalue weighted by Gasteiger charge is 2.37. The van der Waals surface area contributed by atoms with Crippen LogP contribution in [0.3, 0.4) is 0 Å². The summed E-state index contributed by atoms with van der Waals surface area (Å²) in [5, 5.41) is 11.4. The molecule has 0 spiro atoms. The van der Waals surface area contributed by atoms with E-state index < -0.39 is 5.60 Å². The first-order chi connectivity index (χ1) is 14.2. The molecule has 0 radical (unpaired) electrons. The molecule has 0 saturated carbocycles. The van der Waals surface area contributed by atoms with E-state index in [-0.39, 0.29) is 5.91 Å². The van der Waals surface area contributed by atoms with Crippen molar-refractivity contribution in [2.75, 3.05) is 13.1 Å². The zero-order chi connectivity index (χ0) is 21.9. The zero-order valence-corrected chi connectivity index (χ0v) is 18.8. The number of amides is 1. The molecule has 1 amide bonds. The molecule has 3 rings (SSSR count). The Kier molecular flexibility index (Phi) is 6.74. The first-order valence-corrected chi connectivity index (χ1v) is 10.5. The van der Waals surface area contributed by atoms with Crippen molar-refractivity contribution in [1.82, 2.24) is 10.6 Å². The molecule has 158 valence electrons. The average Bonchev–Trinajstić information content (AvgIpc) is 3.09. The van der Waals surface area contributed by atoms with E-state index in [2.05, 4.69) is 22.4 Å². The number of hydrogen-bond acceptors (Lipinski definition) is 4. The van der Waals surface area contributed by atoms with E-state index >= 15 is 0 Å². The van der Waals surface area contributed by atoms with Crippen molar-refractivity contribution in [2.45, 2.75) is 32.8 Å². The first kappa shape index (κ1) is 22.2. The lowest BCUT2D eigenvalue weighted by atomic mass is 9.88. The number of oxime groups is 1. The van der Waals surface area contributed by atoms with E-state index in [0.717, 1.165) is 34.6 Å². The molecular formula is C23H25Cl2N3O2. The van der Waals surface area contributed by atoms with Gasteiger partial charge in [-0.1, -0.05) is 41.0 Å². The molecular weight excluding hydrogens is 421 g/mol. The smallest absolute Gasteiger partial charge is 0.251 e. The fourth-order valence-electron chi connectivity index (χ4n) is 3.40. The van der Waals surface area contributed by atoms with Gasteiger partial charge < -0.3 is 15.5 Å². The first-order valence-electron chi connectivity index (χ1n) is 9.74. The molecule has 5 nitrogen and oxygen atoms in total. The predicted molar refractivity (Wildman–Crippen MR) is 122 cm³/mol. The summed E-state index contributed by atoms with van der Waals surface area (Å²) >= 11 is 12.3. The van der Waals surface area contributed by atoms with Gasteiger partial charge >= 0.3 is 0 Å². The summed E-state index contributed by atoms with van der Waals surface area (Å²) < 4.78 is 0. The van der Waals surface area contributed by atoms with Crippen LogP contribution in [0, 0.1) is 6.92 Å². The minimum Gasteiger partial charge on any atom is -0.388 e. The Balaban J connectivity index is 1.72. The topological polar surface area (TPSA) is 62.7 Å². The number of likely N-dealkylation sites (N-methyl/N-ethyl adjacent to an activating group) is 1. The summed E-state index contributed by atoms with van der Waals surface area (Å²) in [4.78, 5) is 18.3. The molecule has 0 aliphatic carbocycles. The van der Waals surface area contributed by atoms with Crippen LogP contribution in [0.4, 0.5) is 0 Å². The molecule has 7 heteroatoms. The summed E-state index contributed by atoms with van der Waals surface area (Å²) in [6, 6.07) is 11.0. The van der Waals surface area contributed by atoms with E-state index in [0.29, 0.717) is 28.6 Å². The Hall–Kier alpha value is -2.50. The number of carbonyl (C=O) groups excluding carboxylic acids is 1. The monoisotopic (exact) mass is 445 g/mol.